The fraction of sp³-hybridized carbons (Fsp3) is 0.500. The Bertz CT molecular complexity index is 1420. The van der Waals surface area contributed by atoms with Crippen molar-refractivity contribution in [1.82, 2.24) is 29.5 Å². The Labute approximate surface area is 229 Å². The maximum absolute atomic E-state index is 10.9. The number of carbonyl (C=O) groups is 1. The first-order valence-electron chi connectivity index (χ1n) is 12.2. The second-order valence-electron chi connectivity index (χ2n) is 11.0. The van der Waals surface area contributed by atoms with Crippen LogP contribution in [0.2, 0.25) is 28.2 Å². The molecule has 0 saturated carbocycles. The zero-order chi connectivity index (χ0) is 27.7. The average molecular weight is 564 g/mol. The molecule has 4 heterocycles. The van der Waals surface area contributed by atoms with Crippen molar-refractivity contribution < 1.29 is 9.22 Å². The molecule has 0 aromatic carbocycles. The standard InChI is InChI=1S/C16H26ClN3OSi.C10H10ClN3O/c1-11(21-22(6,7)16(3,4)5)9-20-10-14-15(19-20)12(2)13(17)8-18-14;1-6(15)4-14-5-9-10(13-14)7(2)8(11)3-12-9/h8,10-11H,9H2,1-7H3;3,5H,4H2,1-2H3. The van der Waals surface area contributed by atoms with E-state index in [-0.39, 0.29) is 23.5 Å². The third kappa shape index (κ3) is 6.96. The zero-order valence-corrected chi connectivity index (χ0v) is 25.6. The molecule has 0 radical (unpaired) electrons. The van der Waals surface area contributed by atoms with Gasteiger partial charge in [-0.2, -0.15) is 10.2 Å². The van der Waals surface area contributed by atoms with Crippen LogP contribution in [0.25, 0.3) is 22.1 Å². The molecule has 11 heteroatoms. The molecule has 200 valence electrons. The number of fused-ring (bicyclic) bond motifs is 2. The molecular weight excluding hydrogens is 527 g/mol. The molecule has 4 aromatic heterocycles. The number of Topliss-reactive ketones (excluding diaryl/α,β-unsaturated/α-hetero) is 1. The number of nitrogens with zero attached hydrogens (tertiary/aromatic N) is 6. The van der Waals surface area contributed by atoms with E-state index < -0.39 is 8.32 Å². The van der Waals surface area contributed by atoms with E-state index in [2.05, 4.69) is 61.0 Å². The lowest BCUT2D eigenvalue weighted by atomic mass is 10.2. The van der Waals surface area contributed by atoms with Crippen LogP contribution in [0.3, 0.4) is 0 Å². The third-order valence-corrected chi connectivity index (χ3v) is 12.0. The van der Waals surface area contributed by atoms with Gasteiger partial charge in [0.15, 0.2) is 14.1 Å². The first-order chi connectivity index (χ1) is 17.1. The van der Waals surface area contributed by atoms with Crippen LogP contribution in [0.4, 0.5) is 0 Å². The van der Waals surface area contributed by atoms with E-state index in [0.717, 1.165) is 39.7 Å². The molecule has 0 N–H and O–H groups in total. The molecule has 0 spiro atoms. The van der Waals surface area contributed by atoms with Crippen molar-refractivity contribution in [2.75, 3.05) is 0 Å². The van der Waals surface area contributed by atoms with Crippen LogP contribution in [0.15, 0.2) is 24.8 Å². The molecule has 0 amide bonds. The Kier molecular flexibility index (Phi) is 8.84. The van der Waals surface area contributed by atoms with E-state index in [1.165, 1.54) is 6.92 Å². The number of rotatable bonds is 6. The summed E-state index contributed by atoms with van der Waals surface area (Å²) in [5, 5.41) is 10.3. The fourth-order valence-corrected chi connectivity index (χ4v) is 5.31. The number of aromatic nitrogens is 6. The Hall–Kier alpha value is -2.33. The van der Waals surface area contributed by atoms with Crippen molar-refractivity contribution >= 4 is 59.4 Å². The highest BCUT2D eigenvalue weighted by atomic mass is 35.5. The van der Waals surface area contributed by atoms with Crippen LogP contribution in [0.1, 0.15) is 45.7 Å². The van der Waals surface area contributed by atoms with Gasteiger partial charge in [0.2, 0.25) is 0 Å². The maximum Gasteiger partial charge on any atom is 0.192 e. The minimum atomic E-state index is -1.76. The molecule has 4 aromatic rings. The molecule has 0 aliphatic rings. The van der Waals surface area contributed by atoms with Gasteiger partial charge in [0, 0.05) is 12.4 Å². The van der Waals surface area contributed by atoms with Gasteiger partial charge in [0.25, 0.3) is 0 Å². The van der Waals surface area contributed by atoms with E-state index >= 15 is 0 Å². The van der Waals surface area contributed by atoms with Crippen LogP contribution in [0, 0.1) is 13.8 Å². The van der Waals surface area contributed by atoms with Gasteiger partial charge in [-0.15, -0.1) is 0 Å². The van der Waals surface area contributed by atoms with E-state index in [1.54, 1.807) is 23.3 Å². The van der Waals surface area contributed by atoms with Crippen LogP contribution < -0.4 is 0 Å². The number of hydrogen-bond donors (Lipinski definition) is 0. The zero-order valence-electron chi connectivity index (χ0n) is 23.1. The number of pyridine rings is 2. The Balaban J connectivity index is 0.000000220. The van der Waals surface area contributed by atoms with Gasteiger partial charge in [-0.25, -0.2) is 0 Å². The largest absolute Gasteiger partial charge is 0.412 e. The van der Waals surface area contributed by atoms with E-state index in [0.29, 0.717) is 10.0 Å². The van der Waals surface area contributed by atoms with Gasteiger partial charge >= 0.3 is 0 Å². The number of ketones is 1. The summed E-state index contributed by atoms with van der Waals surface area (Å²) in [6.07, 6.45) is 7.11. The van der Waals surface area contributed by atoms with Crippen LogP contribution >= 0.6 is 23.2 Å². The maximum atomic E-state index is 10.9. The predicted molar refractivity (Wildman–Crippen MR) is 153 cm³/mol. The summed E-state index contributed by atoms with van der Waals surface area (Å²) in [7, 11) is -1.76. The van der Waals surface area contributed by atoms with Crippen molar-refractivity contribution in [3.63, 3.8) is 0 Å². The number of hydrogen-bond acceptors (Lipinski definition) is 6. The highest BCUT2D eigenvalue weighted by Gasteiger charge is 2.38. The first-order valence-corrected chi connectivity index (χ1v) is 15.9. The lowest BCUT2D eigenvalue weighted by Gasteiger charge is -2.38. The number of aryl methyl sites for hydroxylation is 2. The van der Waals surface area contributed by atoms with Gasteiger partial charge in [-0.1, -0.05) is 44.0 Å². The monoisotopic (exact) mass is 562 g/mol. The molecule has 0 saturated heterocycles. The Morgan fingerprint density at radius 2 is 1.43 bits per heavy atom. The van der Waals surface area contributed by atoms with Crippen molar-refractivity contribution in [2.24, 2.45) is 0 Å². The summed E-state index contributed by atoms with van der Waals surface area (Å²) in [6.45, 7) is 19.8. The van der Waals surface area contributed by atoms with Crippen molar-refractivity contribution in [2.45, 2.75) is 85.8 Å². The van der Waals surface area contributed by atoms with Gasteiger partial charge < -0.3 is 4.43 Å². The summed E-state index contributed by atoms with van der Waals surface area (Å²) in [6, 6.07) is 0. The van der Waals surface area contributed by atoms with Crippen LogP contribution in [0.5, 0.6) is 0 Å². The topological polar surface area (TPSA) is 87.7 Å². The molecule has 0 bridgehead atoms. The lowest BCUT2D eigenvalue weighted by molar-refractivity contribution is -0.117. The number of carbonyl (C=O) groups excluding carboxylic acids is 1. The van der Waals surface area contributed by atoms with E-state index in [9.17, 15) is 4.79 Å². The predicted octanol–water partition coefficient (Wildman–Crippen LogP) is 6.79. The molecule has 1 atom stereocenters. The summed E-state index contributed by atoms with van der Waals surface area (Å²) in [5.41, 5.74) is 5.13. The highest BCUT2D eigenvalue weighted by molar-refractivity contribution is 6.74. The normalized spacial score (nSPS) is 13.1. The molecule has 4 rings (SSSR count). The fourth-order valence-electron chi connectivity index (χ4n) is 3.60. The van der Waals surface area contributed by atoms with Crippen LogP contribution in [-0.2, 0) is 22.3 Å². The Morgan fingerprint density at radius 3 is 1.89 bits per heavy atom. The molecular formula is C26H36Cl2N6O2Si. The highest BCUT2D eigenvalue weighted by Crippen LogP contribution is 2.37. The minimum absolute atomic E-state index is 0.0616. The van der Waals surface area contributed by atoms with Crippen LogP contribution in [-0.4, -0.2) is 49.7 Å². The first kappa shape index (κ1) is 29.2. The molecule has 0 fully saturated rings. The van der Waals surface area contributed by atoms with E-state index in [4.69, 9.17) is 27.6 Å². The van der Waals surface area contributed by atoms with Gasteiger partial charge in [0.1, 0.15) is 22.1 Å². The van der Waals surface area contributed by atoms with Gasteiger partial charge in [0.05, 0.1) is 41.6 Å². The van der Waals surface area contributed by atoms with Gasteiger partial charge in [-0.05, 0) is 57.0 Å². The minimum Gasteiger partial charge on any atom is -0.412 e. The molecule has 1 unspecified atom stereocenters. The lowest BCUT2D eigenvalue weighted by Crippen LogP contribution is -2.44. The van der Waals surface area contributed by atoms with Crippen molar-refractivity contribution in [3.8, 4) is 0 Å². The summed E-state index contributed by atoms with van der Waals surface area (Å²) < 4.78 is 9.89. The molecule has 0 aliphatic carbocycles. The number of halogens is 2. The second-order valence-corrected chi connectivity index (χ2v) is 16.6. The SMILES string of the molecule is CC(=O)Cn1cc2ncc(Cl)c(C)c2n1.Cc1c(Cl)cnc2cn(CC(C)O[Si](C)(C)C(C)(C)C)nc12. The average Bonchev–Trinajstić information content (AvgIpc) is 3.36. The molecule has 0 aliphatic heterocycles. The van der Waals surface area contributed by atoms with E-state index in [1.807, 2.05) is 24.7 Å². The summed E-state index contributed by atoms with van der Waals surface area (Å²) >= 11 is 12.0. The molecule has 37 heavy (non-hydrogen) atoms. The Morgan fingerprint density at radius 1 is 0.973 bits per heavy atom. The van der Waals surface area contributed by atoms with Gasteiger partial charge in [-0.3, -0.25) is 24.1 Å². The third-order valence-electron chi connectivity index (χ3n) is 6.68. The smallest absolute Gasteiger partial charge is 0.192 e. The summed E-state index contributed by atoms with van der Waals surface area (Å²) in [4.78, 5) is 19.4. The molecule has 8 nitrogen and oxygen atoms in total. The quantitative estimate of drug-likeness (QED) is 0.240. The van der Waals surface area contributed by atoms with Crippen molar-refractivity contribution in [1.29, 1.82) is 0 Å². The summed E-state index contributed by atoms with van der Waals surface area (Å²) in [5.74, 6) is 0.0616. The second kappa shape index (κ2) is 11.2. The van der Waals surface area contributed by atoms with Crippen molar-refractivity contribution in [3.05, 3.63) is 46.0 Å².